The lowest BCUT2D eigenvalue weighted by atomic mass is 9.94. The quantitative estimate of drug-likeness (QED) is 0.871. The van der Waals surface area contributed by atoms with E-state index in [1.54, 1.807) is 0 Å². The minimum Gasteiger partial charge on any atom is -0.388 e. The van der Waals surface area contributed by atoms with Gasteiger partial charge in [-0.05, 0) is 30.7 Å². The SMILES string of the molecule is CCC(CN)C(O)c1cccc(Br)c1. The molecule has 0 bridgehead atoms. The molecule has 2 unspecified atom stereocenters. The summed E-state index contributed by atoms with van der Waals surface area (Å²) in [4.78, 5) is 0. The summed E-state index contributed by atoms with van der Waals surface area (Å²) in [5.74, 6) is 0.143. The Labute approximate surface area is 93.3 Å². The Morgan fingerprint density at radius 2 is 2.21 bits per heavy atom. The van der Waals surface area contributed by atoms with Crippen molar-refractivity contribution in [2.45, 2.75) is 19.4 Å². The van der Waals surface area contributed by atoms with Crippen LogP contribution in [-0.2, 0) is 0 Å². The predicted molar refractivity (Wildman–Crippen MR) is 61.9 cm³/mol. The third-order valence-corrected chi connectivity index (χ3v) is 2.96. The van der Waals surface area contributed by atoms with Crippen LogP contribution in [0.1, 0.15) is 25.0 Å². The smallest absolute Gasteiger partial charge is 0.0830 e. The first-order valence-corrected chi connectivity index (χ1v) is 5.62. The van der Waals surface area contributed by atoms with Crippen LogP contribution < -0.4 is 5.73 Å². The van der Waals surface area contributed by atoms with E-state index >= 15 is 0 Å². The molecule has 2 atom stereocenters. The monoisotopic (exact) mass is 257 g/mol. The normalized spacial score (nSPS) is 15.1. The molecule has 0 spiro atoms. The van der Waals surface area contributed by atoms with Gasteiger partial charge in [-0.15, -0.1) is 0 Å². The fourth-order valence-electron chi connectivity index (χ4n) is 1.48. The second kappa shape index (κ2) is 5.49. The highest BCUT2D eigenvalue weighted by Gasteiger charge is 2.17. The third-order valence-electron chi connectivity index (χ3n) is 2.46. The van der Waals surface area contributed by atoms with Crippen molar-refractivity contribution in [3.8, 4) is 0 Å². The van der Waals surface area contributed by atoms with Gasteiger partial charge in [0.1, 0.15) is 0 Å². The van der Waals surface area contributed by atoms with E-state index in [0.717, 1.165) is 16.5 Å². The van der Waals surface area contributed by atoms with Gasteiger partial charge in [0.15, 0.2) is 0 Å². The number of nitrogens with two attached hydrogens (primary N) is 1. The Hall–Kier alpha value is -0.380. The molecule has 0 saturated carbocycles. The first-order chi connectivity index (χ1) is 6.69. The maximum atomic E-state index is 10.0. The number of halogens is 1. The van der Waals surface area contributed by atoms with E-state index in [1.807, 2.05) is 31.2 Å². The second-order valence-electron chi connectivity index (χ2n) is 3.40. The molecule has 2 nitrogen and oxygen atoms in total. The van der Waals surface area contributed by atoms with Crippen LogP contribution in [0, 0.1) is 5.92 Å². The van der Waals surface area contributed by atoms with Crippen LogP contribution in [0.4, 0.5) is 0 Å². The summed E-state index contributed by atoms with van der Waals surface area (Å²) in [6, 6.07) is 7.72. The summed E-state index contributed by atoms with van der Waals surface area (Å²) in [6.07, 6.45) is 0.437. The van der Waals surface area contributed by atoms with Gasteiger partial charge in [0.25, 0.3) is 0 Å². The average molecular weight is 258 g/mol. The Morgan fingerprint density at radius 1 is 1.50 bits per heavy atom. The van der Waals surface area contributed by atoms with Gasteiger partial charge in [-0.25, -0.2) is 0 Å². The molecule has 0 heterocycles. The first-order valence-electron chi connectivity index (χ1n) is 4.82. The summed E-state index contributed by atoms with van der Waals surface area (Å²) in [5, 5.41) is 10.0. The molecule has 0 radical (unpaired) electrons. The van der Waals surface area contributed by atoms with Crippen LogP contribution in [-0.4, -0.2) is 11.7 Å². The van der Waals surface area contributed by atoms with Crippen LogP contribution in [0.2, 0.25) is 0 Å². The molecule has 3 heteroatoms. The summed E-state index contributed by atoms with van der Waals surface area (Å²) in [6.45, 7) is 2.56. The topological polar surface area (TPSA) is 46.2 Å². The van der Waals surface area contributed by atoms with Crippen LogP contribution >= 0.6 is 15.9 Å². The van der Waals surface area contributed by atoms with Gasteiger partial charge in [-0.2, -0.15) is 0 Å². The molecule has 0 saturated heterocycles. The van der Waals surface area contributed by atoms with Gasteiger partial charge in [0.2, 0.25) is 0 Å². The Balaban J connectivity index is 2.82. The van der Waals surface area contributed by atoms with E-state index in [2.05, 4.69) is 15.9 Å². The summed E-state index contributed by atoms with van der Waals surface area (Å²) in [5.41, 5.74) is 6.52. The molecule has 1 aromatic rings. The van der Waals surface area contributed by atoms with Crippen molar-refractivity contribution >= 4 is 15.9 Å². The number of rotatable bonds is 4. The zero-order valence-electron chi connectivity index (χ0n) is 8.28. The zero-order chi connectivity index (χ0) is 10.6. The van der Waals surface area contributed by atoms with Gasteiger partial charge in [0.05, 0.1) is 6.10 Å². The third kappa shape index (κ3) is 2.80. The van der Waals surface area contributed by atoms with Crippen LogP contribution in [0.5, 0.6) is 0 Å². The highest BCUT2D eigenvalue weighted by molar-refractivity contribution is 9.10. The van der Waals surface area contributed by atoms with Crippen molar-refractivity contribution in [2.24, 2.45) is 11.7 Å². The van der Waals surface area contributed by atoms with Crippen molar-refractivity contribution in [1.82, 2.24) is 0 Å². The highest BCUT2D eigenvalue weighted by Crippen LogP contribution is 2.25. The fraction of sp³-hybridized carbons (Fsp3) is 0.455. The van der Waals surface area contributed by atoms with E-state index in [9.17, 15) is 5.11 Å². The van der Waals surface area contributed by atoms with Crippen molar-refractivity contribution < 1.29 is 5.11 Å². The molecule has 0 aromatic heterocycles. The molecular weight excluding hydrogens is 242 g/mol. The molecule has 0 aliphatic heterocycles. The van der Waals surface area contributed by atoms with E-state index < -0.39 is 6.10 Å². The summed E-state index contributed by atoms with van der Waals surface area (Å²) >= 11 is 3.38. The molecule has 0 aliphatic carbocycles. The number of hydrogen-bond acceptors (Lipinski definition) is 2. The molecule has 1 rings (SSSR count). The lowest BCUT2D eigenvalue weighted by molar-refractivity contribution is 0.110. The van der Waals surface area contributed by atoms with E-state index in [1.165, 1.54) is 0 Å². The van der Waals surface area contributed by atoms with Crippen LogP contribution in [0.3, 0.4) is 0 Å². The second-order valence-corrected chi connectivity index (χ2v) is 4.32. The largest absolute Gasteiger partial charge is 0.388 e. The van der Waals surface area contributed by atoms with Crippen molar-refractivity contribution in [3.05, 3.63) is 34.3 Å². The van der Waals surface area contributed by atoms with Crippen molar-refractivity contribution in [1.29, 1.82) is 0 Å². The first kappa shape index (κ1) is 11.7. The number of benzene rings is 1. The van der Waals surface area contributed by atoms with Gasteiger partial charge in [-0.3, -0.25) is 0 Å². The molecule has 0 aliphatic rings. The molecule has 14 heavy (non-hydrogen) atoms. The number of aliphatic hydroxyl groups excluding tert-OH is 1. The Morgan fingerprint density at radius 3 is 2.71 bits per heavy atom. The number of aliphatic hydroxyl groups is 1. The maximum absolute atomic E-state index is 10.0. The van der Waals surface area contributed by atoms with Gasteiger partial charge in [-0.1, -0.05) is 35.0 Å². The molecule has 0 fully saturated rings. The summed E-state index contributed by atoms with van der Waals surface area (Å²) in [7, 11) is 0. The standard InChI is InChI=1S/C11H16BrNO/c1-2-8(7-13)11(14)9-4-3-5-10(12)6-9/h3-6,8,11,14H,2,7,13H2,1H3. The molecular formula is C11H16BrNO. The molecule has 78 valence electrons. The lowest BCUT2D eigenvalue weighted by Gasteiger charge is -2.20. The van der Waals surface area contributed by atoms with Gasteiger partial charge < -0.3 is 10.8 Å². The van der Waals surface area contributed by atoms with Crippen molar-refractivity contribution in [2.75, 3.05) is 6.54 Å². The average Bonchev–Trinajstić information content (AvgIpc) is 2.19. The summed E-state index contributed by atoms with van der Waals surface area (Å²) < 4.78 is 0.987. The molecule has 1 aromatic carbocycles. The van der Waals surface area contributed by atoms with Gasteiger partial charge in [0, 0.05) is 10.4 Å². The van der Waals surface area contributed by atoms with Gasteiger partial charge >= 0.3 is 0 Å². The minimum absolute atomic E-state index is 0.143. The molecule has 3 N–H and O–H groups in total. The zero-order valence-corrected chi connectivity index (χ0v) is 9.87. The lowest BCUT2D eigenvalue weighted by Crippen LogP contribution is -2.21. The van der Waals surface area contributed by atoms with E-state index in [-0.39, 0.29) is 5.92 Å². The van der Waals surface area contributed by atoms with Crippen LogP contribution in [0.15, 0.2) is 28.7 Å². The Bertz CT molecular complexity index is 286. The number of hydrogen-bond donors (Lipinski definition) is 2. The minimum atomic E-state index is -0.456. The van der Waals surface area contributed by atoms with E-state index in [0.29, 0.717) is 6.54 Å². The highest BCUT2D eigenvalue weighted by atomic mass is 79.9. The fourth-order valence-corrected chi connectivity index (χ4v) is 1.90. The molecule has 0 amide bonds. The van der Waals surface area contributed by atoms with E-state index in [4.69, 9.17) is 5.73 Å². The van der Waals surface area contributed by atoms with Crippen LogP contribution in [0.25, 0.3) is 0 Å². The van der Waals surface area contributed by atoms with Crippen molar-refractivity contribution in [3.63, 3.8) is 0 Å². The Kier molecular flexibility index (Phi) is 4.58. The maximum Gasteiger partial charge on any atom is 0.0830 e. The predicted octanol–water partition coefficient (Wildman–Crippen LogP) is 2.47.